The summed E-state index contributed by atoms with van der Waals surface area (Å²) in [4.78, 5) is 17.0. The Morgan fingerprint density at radius 3 is 2.47 bits per heavy atom. The molecule has 1 aliphatic rings. The average molecular weight is 494 g/mol. The number of allylic oxidation sites excluding steroid dienone is 1. The van der Waals surface area contributed by atoms with E-state index in [4.69, 9.17) is 21.1 Å². The molecule has 4 rings (SSSR count). The van der Waals surface area contributed by atoms with Crippen LogP contribution in [0.4, 0.5) is 24.8 Å². The first-order chi connectivity index (χ1) is 16.1. The van der Waals surface area contributed by atoms with E-state index in [0.29, 0.717) is 33.5 Å². The largest absolute Gasteiger partial charge is 0.497 e. The Morgan fingerprint density at radius 1 is 1.15 bits per heavy atom. The molecule has 0 aliphatic carbocycles. The van der Waals surface area contributed by atoms with Gasteiger partial charge < -0.3 is 20.1 Å². The monoisotopic (exact) mass is 493 g/mol. The summed E-state index contributed by atoms with van der Waals surface area (Å²) in [7, 11) is 2.88. The van der Waals surface area contributed by atoms with E-state index in [1.807, 2.05) is 0 Å². The van der Waals surface area contributed by atoms with Crippen LogP contribution >= 0.6 is 11.6 Å². The van der Waals surface area contributed by atoms with Crippen molar-refractivity contribution < 1.29 is 27.4 Å². The van der Waals surface area contributed by atoms with Gasteiger partial charge in [-0.2, -0.15) is 18.2 Å². The third-order valence-corrected chi connectivity index (χ3v) is 5.44. The van der Waals surface area contributed by atoms with Crippen LogP contribution in [0.1, 0.15) is 24.4 Å². The van der Waals surface area contributed by atoms with Gasteiger partial charge in [-0.3, -0.25) is 4.79 Å². The van der Waals surface area contributed by atoms with E-state index in [2.05, 4.69) is 20.7 Å². The van der Waals surface area contributed by atoms with Crippen LogP contribution in [0.25, 0.3) is 0 Å². The molecule has 3 aromatic rings. The second-order valence-electron chi connectivity index (χ2n) is 7.34. The van der Waals surface area contributed by atoms with Crippen molar-refractivity contribution in [3.63, 3.8) is 0 Å². The number of carbonyl (C=O) groups excluding carboxylic acids is 1. The fourth-order valence-corrected chi connectivity index (χ4v) is 3.75. The standard InChI is InChI=1S/C22H19ClF3N5O3/c1-11-17(19(32)28-13-6-4-12(23)5-7-13)18(15-9-8-14(33-2)10-16(15)34-3)31-21(27-11)29-20(30-31)22(24,25)26/h4-10,18H,1-3H3,(H,28,32)(H,27,29,30). The first-order valence-corrected chi connectivity index (χ1v) is 10.3. The van der Waals surface area contributed by atoms with Gasteiger partial charge >= 0.3 is 6.18 Å². The molecule has 0 fully saturated rings. The van der Waals surface area contributed by atoms with Gasteiger partial charge in [0.1, 0.15) is 17.5 Å². The summed E-state index contributed by atoms with van der Waals surface area (Å²) in [6.07, 6.45) is -4.78. The molecular weight excluding hydrogens is 475 g/mol. The lowest BCUT2D eigenvalue weighted by Crippen LogP contribution is -2.31. The normalized spacial score (nSPS) is 15.4. The van der Waals surface area contributed by atoms with Gasteiger partial charge in [0, 0.05) is 28.0 Å². The third kappa shape index (κ3) is 4.38. The molecule has 2 heterocycles. The molecule has 0 saturated carbocycles. The predicted octanol–water partition coefficient (Wildman–Crippen LogP) is 4.90. The molecule has 0 saturated heterocycles. The second kappa shape index (κ2) is 8.90. The van der Waals surface area contributed by atoms with Crippen molar-refractivity contribution in [2.45, 2.75) is 19.1 Å². The van der Waals surface area contributed by atoms with Gasteiger partial charge in [0.2, 0.25) is 5.95 Å². The third-order valence-electron chi connectivity index (χ3n) is 5.19. The summed E-state index contributed by atoms with van der Waals surface area (Å²) < 4.78 is 51.9. The minimum Gasteiger partial charge on any atom is -0.497 e. The average Bonchev–Trinajstić information content (AvgIpc) is 3.23. The summed E-state index contributed by atoms with van der Waals surface area (Å²) in [5, 5.41) is 9.68. The van der Waals surface area contributed by atoms with Crippen molar-refractivity contribution >= 4 is 29.1 Å². The number of ether oxygens (including phenoxy) is 2. The maximum atomic E-state index is 13.4. The Bertz CT molecular complexity index is 1270. The molecule has 2 aromatic carbocycles. The summed E-state index contributed by atoms with van der Waals surface area (Å²) in [6, 6.07) is 10.1. The molecule has 1 aliphatic heterocycles. The molecule has 0 spiro atoms. The highest BCUT2D eigenvalue weighted by Gasteiger charge is 2.42. The Morgan fingerprint density at radius 2 is 1.85 bits per heavy atom. The zero-order chi connectivity index (χ0) is 24.6. The quantitative estimate of drug-likeness (QED) is 0.525. The second-order valence-corrected chi connectivity index (χ2v) is 7.77. The van der Waals surface area contributed by atoms with Crippen molar-refractivity contribution in [1.29, 1.82) is 0 Å². The van der Waals surface area contributed by atoms with Gasteiger partial charge in [0.15, 0.2) is 0 Å². The fourth-order valence-electron chi connectivity index (χ4n) is 3.63. The zero-order valence-corrected chi connectivity index (χ0v) is 19.0. The molecule has 1 unspecified atom stereocenters. The SMILES string of the molecule is COc1ccc(C2C(C(=O)Nc3ccc(Cl)cc3)=C(C)Nc3nc(C(F)(F)F)nn32)c(OC)c1. The Kier molecular flexibility index (Phi) is 6.13. The molecule has 1 atom stereocenters. The molecule has 1 aromatic heterocycles. The van der Waals surface area contributed by atoms with E-state index >= 15 is 0 Å². The molecule has 0 bridgehead atoms. The summed E-state index contributed by atoms with van der Waals surface area (Å²) in [5.74, 6) is -1.27. The number of nitrogens with one attached hydrogen (secondary N) is 2. The highest BCUT2D eigenvalue weighted by atomic mass is 35.5. The molecule has 178 valence electrons. The first kappa shape index (κ1) is 23.4. The lowest BCUT2D eigenvalue weighted by atomic mass is 9.94. The molecule has 8 nitrogen and oxygen atoms in total. The highest BCUT2D eigenvalue weighted by Crippen LogP contribution is 2.42. The van der Waals surface area contributed by atoms with Crippen molar-refractivity contribution in [3.05, 3.63) is 70.1 Å². The number of halogens is 4. The van der Waals surface area contributed by atoms with Crippen molar-refractivity contribution in [3.8, 4) is 11.5 Å². The van der Waals surface area contributed by atoms with E-state index in [1.54, 1.807) is 49.4 Å². The predicted molar refractivity (Wildman–Crippen MR) is 119 cm³/mol. The van der Waals surface area contributed by atoms with Crippen molar-refractivity contribution in [2.24, 2.45) is 0 Å². The number of aromatic nitrogens is 3. The number of rotatable bonds is 5. The van der Waals surface area contributed by atoms with E-state index in [9.17, 15) is 18.0 Å². The Labute approximate surface area is 197 Å². The molecule has 34 heavy (non-hydrogen) atoms. The number of methoxy groups -OCH3 is 2. The van der Waals surface area contributed by atoms with Crippen LogP contribution in [0, 0.1) is 0 Å². The molecular formula is C22H19ClF3N5O3. The number of alkyl halides is 3. The fraction of sp³-hybridized carbons (Fsp3) is 0.227. The summed E-state index contributed by atoms with van der Waals surface area (Å²) in [5.41, 5.74) is 1.29. The van der Waals surface area contributed by atoms with E-state index in [-0.39, 0.29) is 11.5 Å². The van der Waals surface area contributed by atoms with Gasteiger partial charge in [-0.05, 0) is 43.3 Å². The highest BCUT2D eigenvalue weighted by molar-refractivity contribution is 6.30. The van der Waals surface area contributed by atoms with Crippen LogP contribution in [0.15, 0.2) is 53.7 Å². The number of hydrogen-bond donors (Lipinski definition) is 2. The van der Waals surface area contributed by atoms with Crippen LogP contribution < -0.4 is 20.1 Å². The molecule has 2 N–H and O–H groups in total. The number of fused-ring (bicyclic) bond motifs is 1. The van der Waals surface area contributed by atoms with Gasteiger partial charge in [-0.15, -0.1) is 5.10 Å². The summed E-state index contributed by atoms with van der Waals surface area (Å²) in [6.45, 7) is 1.57. The van der Waals surface area contributed by atoms with Gasteiger partial charge in [-0.25, -0.2) is 4.68 Å². The Hall–Kier alpha value is -3.73. The molecule has 0 radical (unpaired) electrons. The maximum Gasteiger partial charge on any atom is 0.453 e. The minimum absolute atomic E-state index is 0.129. The van der Waals surface area contributed by atoms with Crippen LogP contribution in [-0.4, -0.2) is 34.9 Å². The van der Waals surface area contributed by atoms with E-state index < -0.39 is 23.9 Å². The topological polar surface area (TPSA) is 90.3 Å². The smallest absolute Gasteiger partial charge is 0.453 e. The number of carbonyl (C=O) groups is 1. The van der Waals surface area contributed by atoms with Gasteiger partial charge in [-0.1, -0.05) is 11.6 Å². The number of hydrogen-bond acceptors (Lipinski definition) is 6. The van der Waals surface area contributed by atoms with E-state index in [0.717, 1.165) is 4.68 Å². The minimum atomic E-state index is -4.78. The van der Waals surface area contributed by atoms with Gasteiger partial charge in [0.25, 0.3) is 11.7 Å². The first-order valence-electron chi connectivity index (χ1n) is 9.92. The number of nitrogens with zero attached hydrogens (tertiary/aromatic N) is 3. The Balaban J connectivity index is 1.86. The van der Waals surface area contributed by atoms with Gasteiger partial charge in [0.05, 0.1) is 19.8 Å². The number of amides is 1. The number of anilines is 2. The van der Waals surface area contributed by atoms with Crippen LogP contribution in [0.3, 0.4) is 0 Å². The molecule has 12 heteroatoms. The number of benzene rings is 2. The van der Waals surface area contributed by atoms with Crippen molar-refractivity contribution in [2.75, 3.05) is 24.9 Å². The lowest BCUT2D eigenvalue weighted by molar-refractivity contribution is -0.145. The maximum absolute atomic E-state index is 13.4. The van der Waals surface area contributed by atoms with E-state index in [1.165, 1.54) is 14.2 Å². The molecule has 1 amide bonds. The van der Waals surface area contributed by atoms with Crippen LogP contribution in [0.5, 0.6) is 11.5 Å². The van der Waals surface area contributed by atoms with Crippen LogP contribution in [0.2, 0.25) is 5.02 Å². The lowest BCUT2D eigenvalue weighted by Gasteiger charge is -2.29. The van der Waals surface area contributed by atoms with Crippen LogP contribution in [-0.2, 0) is 11.0 Å². The van der Waals surface area contributed by atoms with Crippen molar-refractivity contribution in [1.82, 2.24) is 14.8 Å². The zero-order valence-electron chi connectivity index (χ0n) is 18.2. The summed E-state index contributed by atoms with van der Waals surface area (Å²) >= 11 is 5.91.